The van der Waals surface area contributed by atoms with Gasteiger partial charge in [-0.2, -0.15) is 10.1 Å². The van der Waals surface area contributed by atoms with Crippen LogP contribution in [0, 0.1) is 0 Å². The van der Waals surface area contributed by atoms with Crippen LogP contribution in [0.5, 0.6) is 0 Å². The zero-order chi connectivity index (χ0) is 17.8. The highest BCUT2D eigenvalue weighted by atomic mass is 32.1. The molecule has 0 aliphatic heterocycles. The Balaban J connectivity index is 1.34. The standard InChI is InChI=1S/C19H19N5OS/c1-23(14-18-21-19(22-25-18)17-8-5-9-26-17)11-16-10-20-24(13-16)12-15-6-3-2-4-7-15/h2-10,13H,11-12,14H2,1H3. The lowest BCUT2D eigenvalue weighted by atomic mass is 10.2. The second-order valence-electron chi connectivity index (χ2n) is 6.19. The second kappa shape index (κ2) is 7.63. The first-order valence-electron chi connectivity index (χ1n) is 8.36. The number of nitrogens with zero attached hydrogens (tertiary/aromatic N) is 5. The summed E-state index contributed by atoms with van der Waals surface area (Å²) in [6.45, 7) is 2.14. The molecule has 0 unspecified atom stereocenters. The van der Waals surface area contributed by atoms with E-state index in [-0.39, 0.29) is 0 Å². The van der Waals surface area contributed by atoms with Gasteiger partial charge in [0.2, 0.25) is 11.7 Å². The van der Waals surface area contributed by atoms with Crippen molar-refractivity contribution in [2.45, 2.75) is 19.6 Å². The van der Waals surface area contributed by atoms with Crippen molar-refractivity contribution in [3.05, 3.63) is 77.3 Å². The molecular weight excluding hydrogens is 346 g/mol. The van der Waals surface area contributed by atoms with Gasteiger partial charge in [0.25, 0.3) is 0 Å². The fourth-order valence-corrected chi connectivity index (χ4v) is 3.42. The first-order chi connectivity index (χ1) is 12.8. The van der Waals surface area contributed by atoms with Crippen LogP contribution in [-0.4, -0.2) is 31.9 Å². The Morgan fingerprint density at radius 1 is 1.08 bits per heavy atom. The molecule has 0 fully saturated rings. The summed E-state index contributed by atoms with van der Waals surface area (Å²) in [5.74, 6) is 1.27. The lowest BCUT2D eigenvalue weighted by Gasteiger charge is -2.12. The van der Waals surface area contributed by atoms with E-state index in [9.17, 15) is 0 Å². The maximum absolute atomic E-state index is 5.36. The Kier molecular flexibility index (Phi) is 4.90. The van der Waals surface area contributed by atoms with Gasteiger partial charge in [-0.1, -0.05) is 41.6 Å². The summed E-state index contributed by atoms with van der Waals surface area (Å²) in [6, 6.07) is 14.3. The third-order valence-corrected chi connectivity index (χ3v) is 4.81. The topological polar surface area (TPSA) is 60.0 Å². The number of aromatic nitrogens is 4. The largest absolute Gasteiger partial charge is 0.338 e. The summed E-state index contributed by atoms with van der Waals surface area (Å²) in [7, 11) is 2.03. The summed E-state index contributed by atoms with van der Waals surface area (Å²) in [5, 5.41) is 10.5. The molecule has 0 N–H and O–H groups in total. The Labute approximate surface area is 155 Å². The Morgan fingerprint density at radius 2 is 1.96 bits per heavy atom. The number of benzene rings is 1. The zero-order valence-electron chi connectivity index (χ0n) is 14.4. The minimum absolute atomic E-state index is 0.599. The van der Waals surface area contributed by atoms with E-state index in [2.05, 4.69) is 38.5 Å². The van der Waals surface area contributed by atoms with Gasteiger partial charge in [-0.3, -0.25) is 9.58 Å². The lowest BCUT2D eigenvalue weighted by Crippen LogP contribution is -2.17. The van der Waals surface area contributed by atoms with Gasteiger partial charge < -0.3 is 4.52 Å². The molecule has 0 aliphatic rings. The highest BCUT2D eigenvalue weighted by Gasteiger charge is 2.12. The Hall–Kier alpha value is -2.77. The highest BCUT2D eigenvalue weighted by Crippen LogP contribution is 2.21. The quantitative estimate of drug-likeness (QED) is 0.500. The third-order valence-electron chi connectivity index (χ3n) is 3.94. The van der Waals surface area contributed by atoms with Gasteiger partial charge in [-0.05, 0) is 24.1 Å². The molecule has 132 valence electrons. The fraction of sp³-hybridized carbons (Fsp3) is 0.211. The van der Waals surface area contributed by atoms with Crippen LogP contribution in [0.4, 0.5) is 0 Å². The van der Waals surface area contributed by atoms with Crippen LogP contribution < -0.4 is 0 Å². The molecule has 26 heavy (non-hydrogen) atoms. The average Bonchev–Trinajstić information content (AvgIpc) is 3.37. The summed E-state index contributed by atoms with van der Waals surface area (Å²) >= 11 is 1.60. The van der Waals surface area contributed by atoms with Crippen LogP contribution >= 0.6 is 11.3 Å². The molecule has 0 radical (unpaired) electrons. The molecule has 0 aliphatic carbocycles. The first kappa shape index (κ1) is 16.7. The van der Waals surface area contributed by atoms with Crippen molar-refractivity contribution < 1.29 is 4.52 Å². The minimum Gasteiger partial charge on any atom is -0.338 e. The van der Waals surface area contributed by atoms with Crippen molar-refractivity contribution in [3.8, 4) is 10.7 Å². The van der Waals surface area contributed by atoms with E-state index >= 15 is 0 Å². The van der Waals surface area contributed by atoms with Crippen LogP contribution in [0.3, 0.4) is 0 Å². The number of hydrogen-bond donors (Lipinski definition) is 0. The molecule has 4 rings (SSSR count). The summed E-state index contributed by atoms with van der Waals surface area (Å²) < 4.78 is 7.32. The van der Waals surface area contributed by atoms with Gasteiger partial charge in [0, 0.05) is 18.3 Å². The van der Waals surface area contributed by atoms with E-state index in [0.717, 1.165) is 23.5 Å². The first-order valence-corrected chi connectivity index (χ1v) is 9.24. The molecule has 3 heterocycles. The van der Waals surface area contributed by atoms with Crippen LogP contribution in [0.25, 0.3) is 10.7 Å². The predicted molar refractivity (Wildman–Crippen MR) is 101 cm³/mol. The fourth-order valence-electron chi connectivity index (χ4n) is 2.77. The van der Waals surface area contributed by atoms with Gasteiger partial charge >= 0.3 is 0 Å². The highest BCUT2D eigenvalue weighted by molar-refractivity contribution is 7.13. The molecule has 0 spiro atoms. The van der Waals surface area contributed by atoms with E-state index in [0.29, 0.717) is 18.3 Å². The molecule has 0 saturated heterocycles. The third kappa shape index (κ3) is 4.07. The van der Waals surface area contributed by atoms with Crippen molar-refractivity contribution in [2.24, 2.45) is 0 Å². The van der Waals surface area contributed by atoms with Crippen LogP contribution in [0.15, 0.2) is 64.8 Å². The smallest absolute Gasteiger partial charge is 0.241 e. The Morgan fingerprint density at radius 3 is 2.77 bits per heavy atom. The summed E-state index contributed by atoms with van der Waals surface area (Å²) in [5.41, 5.74) is 2.39. The molecule has 6 nitrogen and oxygen atoms in total. The van der Waals surface area contributed by atoms with Gasteiger partial charge in [0.15, 0.2) is 0 Å². The molecule has 3 aromatic heterocycles. The van der Waals surface area contributed by atoms with Crippen molar-refractivity contribution in [1.29, 1.82) is 0 Å². The molecule has 4 aromatic rings. The van der Waals surface area contributed by atoms with Crippen molar-refractivity contribution in [2.75, 3.05) is 7.05 Å². The van der Waals surface area contributed by atoms with Gasteiger partial charge in [-0.15, -0.1) is 11.3 Å². The normalized spacial score (nSPS) is 11.3. The Bertz CT molecular complexity index is 945. The maximum atomic E-state index is 5.36. The summed E-state index contributed by atoms with van der Waals surface area (Å²) in [4.78, 5) is 7.62. The van der Waals surface area contributed by atoms with Crippen LogP contribution in [0.1, 0.15) is 17.0 Å². The van der Waals surface area contributed by atoms with Gasteiger partial charge in [0.1, 0.15) is 0 Å². The lowest BCUT2D eigenvalue weighted by molar-refractivity contribution is 0.261. The van der Waals surface area contributed by atoms with E-state index in [4.69, 9.17) is 4.52 Å². The van der Waals surface area contributed by atoms with E-state index in [1.807, 2.05) is 53.6 Å². The van der Waals surface area contributed by atoms with E-state index in [1.165, 1.54) is 5.56 Å². The van der Waals surface area contributed by atoms with Crippen LogP contribution in [0.2, 0.25) is 0 Å². The maximum Gasteiger partial charge on any atom is 0.241 e. The molecule has 0 atom stereocenters. The van der Waals surface area contributed by atoms with Gasteiger partial charge in [0.05, 0.1) is 24.2 Å². The summed E-state index contributed by atoms with van der Waals surface area (Å²) in [6.07, 6.45) is 3.98. The second-order valence-corrected chi connectivity index (χ2v) is 7.14. The molecule has 1 aromatic carbocycles. The molecule has 7 heteroatoms. The minimum atomic E-state index is 0.599. The number of rotatable bonds is 7. The average molecular weight is 365 g/mol. The van der Waals surface area contributed by atoms with Crippen LogP contribution in [-0.2, 0) is 19.6 Å². The van der Waals surface area contributed by atoms with E-state index in [1.54, 1.807) is 11.3 Å². The van der Waals surface area contributed by atoms with Crippen molar-refractivity contribution >= 4 is 11.3 Å². The molecule has 0 saturated carbocycles. The number of thiophene rings is 1. The van der Waals surface area contributed by atoms with Crippen molar-refractivity contribution in [1.82, 2.24) is 24.8 Å². The zero-order valence-corrected chi connectivity index (χ0v) is 15.3. The van der Waals surface area contributed by atoms with E-state index < -0.39 is 0 Å². The van der Waals surface area contributed by atoms with Gasteiger partial charge in [-0.25, -0.2) is 0 Å². The molecular formula is C19H19N5OS. The monoisotopic (exact) mass is 365 g/mol. The molecule has 0 bridgehead atoms. The number of hydrogen-bond acceptors (Lipinski definition) is 6. The van der Waals surface area contributed by atoms with Crippen molar-refractivity contribution in [3.63, 3.8) is 0 Å². The molecule has 0 amide bonds. The SMILES string of the molecule is CN(Cc1cnn(Cc2ccccc2)c1)Cc1nc(-c2cccs2)no1. The predicted octanol–water partition coefficient (Wildman–Crippen LogP) is 3.67.